The number of hydrogen-bond acceptors (Lipinski definition) is 6. The van der Waals surface area contributed by atoms with Crippen molar-refractivity contribution >= 4 is 17.3 Å². The molecule has 3 heterocycles. The molecule has 0 bridgehead atoms. The first-order valence-corrected chi connectivity index (χ1v) is 7.89. The highest BCUT2D eigenvalue weighted by Gasteiger charge is 2.35. The molecule has 0 spiro atoms. The molecule has 124 valence electrons. The Morgan fingerprint density at radius 2 is 1.96 bits per heavy atom. The van der Waals surface area contributed by atoms with Gasteiger partial charge in [-0.05, 0) is 19.1 Å². The van der Waals surface area contributed by atoms with Gasteiger partial charge in [-0.2, -0.15) is 5.10 Å². The van der Waals surface area contributed by atoms with Crippen LogP contribution >= 0.6 is 0 Å². The van der Waals surface area contributed by atoms with Gasteiger partial charge in [0, 0.05) is 18.7 Å². The van der Waals surface area contributed by atoms with Crippen molar-refractivity contribution in [3.8, 4) is 0 Å². The predicted molar refractivity (Wildman–Crippen MR) is 87.9 cm³/mol. The number of fused-ring (bicyclic) bond motifs is 1. The average Bonchev–Trinajstić information content (AvgIpc) is 3.19. The van der Waals surface area contributed by atoms with Crippen LogP contribution < -0.4 is 4.90 Å². The van der Waals surface area contributed by atoms with Crippen molar-refractivity contribution in [2.24, 2.45) is 5.10 Å². The van der Waals surface area contributed by atoms with Gasteiger partial charge in [-0.1, -0.05) is 11.6 Å². The van der Waals surface area contributed by atoms with Crippen molar-refractivity contribution in [2.75, 3.05) is 37.9 Å². The van der Waals surface area contributed by atoms with Gasteiger partial charge >= 0.3 is 0 Å². The smallest absolute Gasteiger partial charge is 0.280 e. The number of anilines is 1. The van der Waals surface area contributed by atoms with Crippen molar-refractivity contribution in [1.82, 2.24) is 19.8 Å². The molecule has 4 rings (SSSR count). The minimum absolute atomic E-state index is 0.101. The Morgan fingerprint density at radius 1 is 1.21 bits per heavy atom. The number of aryl methyl sites for hydroxylation is 1. The Kier molecular flexibility index (Phi) is 3.83. The third-order valence-corrected chi connectivity index (χ3v) is 4.21. The van der Waals surface area contributed by atoms with E-state index in [0.29, 0.717) is 25.6 Å². The monoisotopic (exact) mass is 326 g/mol. The van der Waals surface area contributed by atoms with Gasteiger partial charge in [-0.3, -0.25) is 14.6 Å². The zero-order valence-corrected chi connectivity index (χ0v) is 13.4. The van der Waals surface area contributed by atoms with Crippen LogP contribution in [0.2, 0.25) is 0 Å². The minimum atomic E-state index is -0.101. The molecule has 2 aromatic rings. The van der Waals surface area contributed by atoms with Gasteiger partial charge in [0.1, 0.15) is 12.7 Å². The topological polar surface area (TPSA) is 75.9 Å². The molecule has 2 aliphatic heterocycles. The highest BCUT2D eigenvalue weighted by atomic mass is 16.5. The van der Waals surface area contributed by atoms with Crippen LogP contribution in [0, 0.1) is 6.92 Å². The summed E-state index contributed by atoms with van der Waals surface area (Å²) in [6, 6.07) is 5.99. The van der Waals surface area contributed by atoms with E-state index in [1.54, 1.807) is 4.90 Å². The van der Waals surface area contributed by atoms with E-state index in [1.165, 1.54) is 17.3 Å². The molecule has 0 N–H and O–H groups in total. The van der Waals surface area contributed by atoms with Crippen LogP contribution in [0.5, 0.6) is 0 Å². The van der Waals surface area contributed by atoms with Crippen LogP contribution in [0.4, 0.5) is 5.69 Å². The lowest BCUT2D eigenvalue weighted by molar-refractivity contribution is -0.112. The van der Waals surface area contributed by atoms with Crippen molar-refractivity contribution in [1.29, 1.82) is 0 Å². The van der Waals surface area contributed by atoms with Crippen molar-refractivity contribution < 1.29 is 9.53 Å². The number of carbonyl (C=O) groups is 1. The van der Waals surface area contributed by atoms with Gasteiger partial charge in [0.2, 0.25) is 0 Å². The maximum atomic E-state index is 13.0. The molecule has 1 aromatic heterocycles. The summed E-state index contributed by atoms with van der Waals surface area (Å²) < 4.78 is 6.84. The molecule has 1 amide bonds. The highest BCUT2D eigenvalue weighted by molar-refractivity contribution is 6.54. The molecule has 1 fully saturated rings. The first-order chi connectivity index (χ1) is 11.7. The Morgan fingerprint density at radius 3 is 2.71 bits per heavy atom. The van der Waals surface area contributed by atoms with E-state index in [1.807, 2.05) is 25.1 Å². The van der Waals surface area contributed by atoms with Gasteiger partial charge in [0.05, 0.1) is 25.6 Å². The second-order valence-electron chi connectivity index (χ2n) is 5.92. The fourth-order valence-electron chi connectivity index (χ4n) is 2.97. The zero-order chi connectivity index (χ0) is 16.5. The highest BCUT2D eigenvalue weighted by Crippen LogP contribution is 2.30. The molecule has 0 radical (unpaired) electrons. The number of nitrogens with zero attached hydrogens (tertiary/aromatic N) is 6. The first kappa shape index (κ1) is 15.0. The molecular weight excluding hydrogens is 308 g/mol. The number of carbonyl (C=O) groups excluding carboxylic acids is 1. The van der Waals surface area contributed by atoms with Crippen molar-refractivity contribution in [3.63, 3.8) is 0 Å². The van der Waals surface area contributed by atoms with E-state index < -0.39 is 0 Å². The lowest BCUT2D eigenvalue weighted by Crippen LogP contribution is -2.46. The fourth-order valence-corrected chi connectivity index (χ4v) is 2.97. The van der Waals surface area contributed by atoms with E-state index in [0.717, 1.165) is 29.9 Å². The first-order valence-electron chi connectivity index (χ1n) is 7.89. The van der Waals surface area contributed by atoms with Crippen LogP contribution in [0.1, 0.15) is 11.1 Å². The summed E-state index contributed by atoms with van der Waals surface area (Å²) in [5, 5.41) is 11.9. The van der Waals surface area contributed by atoms with E-state index in [4.69, 9.17) is 4.74 Å². The third kappa shape index (κ3) is 2.70. The van der Waals surface area contributed by atoms with E-state index in [9.17, 15) is 4.79 Å². The van der Waals surface area contributed by atoms with Crippen LogP contribution in [0.3, 0.4) is 0 Å². The van der Waals surface area contributed by atoms with Gasteiger partial charge in [-0.15, -0.1) is 10.2 Å². The average molecular weight is 326 g/mol. The normalized spacial score (nSPS) is 20.0. The van der Waals surface area contributed by atoms with Crippen LogP contribution in [0.15, 0.2) is 36.0 Å². The Labute approximate surface area is 139 Å². The minimum Gasteiger partial charge on any atom is -0.379 e. The number of amides is 1. The Hall–Kier alpha value is -2.58. The van der Waals surface area contributed by atoms with Crippen LogP contribution in [-0.2, 0) is 9.53 Å². The Balaban J connectivity index is 1.70. The van der Waals surface area contributed by atoms with Gasteiger partial charge in [0.15, 0.2) is 5.71 Å². The summed E-state index contributed by atoms with van der Waals surface area (Å²) in [5.74, 6) is -0.101. The lowest BCUT2D eigenvalue weighted by Gasteiger charge is -2.30. The molecule has 1 aromatic carbocycles. The fraction of sp³-hybridized carbons (Fsp3) is 0.375. The van der Waals surface area contributed by atoms with Crippen molar-refractivity contribution in [2.45, 2.75) is 6.92 Å². The molecular formula is C16H18N6O2. The molecule has 8 heteroatoms. The quantitative estimate of drug-likeness (QED) is 0.820. The summed E-state index contributed by atoms with van der Waals surface area (Å²) >= 11 is 0. The van der Waals surface area contributed by atoms with E-state index >= 15 is 0 Å². The largest absolute Gasteiger partial charge is 0.379 e. The molecule has 8 nitrogen and oxygen atoms in total. The van der Waals surface area contributed by atoms with E-state index in [-0.39, 0.29) is 5.91 Å². The summed E-state index contributed by atoms with van der Waals surface area (Å²) in [7, 11) is 0. The number of rotatable bonds is 3. The standard InChI is InChI=1S/C16H18N6O2/c1-12-2-3-14-13(8-12)15(19-21-9-17-18-10-21)16(23)22(14)11-20-4-6-24-7-5-20/h2-3,8-10H,4-7,11H2,1H3/b19-15-. The van der Waals surface area contributed by atoms with Crippen LogP contribution in [-0.4, -0.2) is 64.4 Å². The van der Waals surface area contributed by atoms with E-state index in [2.05, 4.69) is 20.2 Å². The number of ether oxygens (including phenoxy) is 1. The zero-order valence-electron chi connectivity index (χ0n) is 13.4. The predicted octanol–water partition coefficient (Wildman–Crippen LogP) is 0.475. The summed E-state index contributed by atoms with van der Waals surface area (Å²) in [6.07, 6.45) is 2.95. The second kappa shape index (κ2) is 6.14. The Bertz CT molecular complexity index is 780. The molecule has 0 unspecified atom stereocenters. The van der Waals surface area contributed by atoms with Gasteiger partial charge < -0.3 is 4.74 Å². The number of morpholine rings is 1. The molecule has 24 heavy (non-hydrogen) atoms. The van der Waals surface area contributed by atoms with Gasteiger partial charge in [0.25, 0.3) is 5.91 Å². The van der Waals surface area contributed by atoms with Crippen molar-refractivity contribution in [3.05, 3.63) is 42.0 Å². The van der Waals surface area contributed by atoms with Crippen LogP contribution in [0.25, 0.3) is 0 Å². The molecule has 0 aliphatic carbocycles. The molecule has 2 aliphatic rings. The van der Waals surface area contributed by atoms with Gasteiger partial charge in [-0.25, -0.2) is 4.68 Å². The third-order valence-electron chi connectivity index (χ3n) is 4.21. The number of benzene rings is 1. The lowest BCUT2D eigenvalue weighted by atomic mass is 10.1. The molecule has 0 atom stereocenters. The second-order valence-corrected chi connectivity index (χ2v) is 5.92. The SMILES string of the molecule is Cc1ccc2c(c1)/C(=N/n1cnnc1)C(=O)N2CN1CCOCC1. The molecule has 0 saturated carbocycles. The maximum absolute atomic E-state index is 13.0. The number of aromatic nitrogens is 3. The summed E-state index contributed by atoms with van der Waals surface area (Å²) in [5.41, 5.74) is 3.25. The number of hydrogen-bond donors (Lipinski definition) is 0. The maximum Gasteiger partial charge on any atom is 0.280 e. The summed E-state index contributed by atoms with van der Waals surface area (Å²) in [6.45, 7) is 5.59. The molecule has 1 saturated heterocycles. The summed E-state index contributed by atoms with van der Waals surface area (Å²) in [4.78, 5) is 17.0.